The van der Waals surface area contributed by atoms with Gasteiger partial charge in [0.05, 0.1) is 5.39 Å². The second kappa shape index (κ2) is 5.03. The smallest absolute Gasteiger partial charge is 0.225 e. The Morgan fingerprint density at radius 1 is 1.21 bits per heavy atom. The highest BCUT2D eigenvalue weighted by Crippen LogP contribution is 2.29. The molecule has 1 aliphatic heterocycles. The molecule has 0 unspecified atom stereocenters. The molecule has 2 aromatic heterocycles. The van der Waals surface area contributed by atoms with Crippen LogP contribution in [-0.2, 0) is 0 Å². The molecule has 1 aliphatic rings. The fourth-order valence-corrected chi connectivity index (χ4v) is 2.41. The fourth-order valence-electron chi connectivity index (χ4n) is 2.11. The van der Waals surface area contributed by atoms with Gasteiger partial charge in [-0.25, -0.2) is 14.4 Å². The van der Waals surface area contributed by atoms with Crippen LogP contribution in [0.25, 0.3) is 10.9 Å². The highest BCUT2D eigenvalue weighted by molar-refractivity contribution is 6.30. The number of aromatic nitrogens is 3. The third-order valence-corrected chi connectivity index (χ3v) is 3.44. The lowest BCUT2D eigenvalue weighted by Gasteiger charge is -2.29. The predicted octanol–water partition coefficient (Wildman–Crippen LogP) is 1.88. The predicted molar refractivity (Wildman–Crippen MR) is 72.4 cm³/mol. The van der Waals surface area contributed by atoms with Gasteiger partial charge >= 0.3 is 0 Å². The van der Waals surface area contributed by atoms with Crippen LogP contribution in [0.2, 0.25) is 10.4 Å². The second-order valence-corrected chi connectivity index (χ2v) is 4.87. The standard InChI is InChI=1S/C11H10Cl2FN5/c12-9-7(14)8-6(5-16-9)10(18-11(13)17-8)19-3-1-15-2-4-19/h5,15H,1-4H2. The van der Waals surface area contributed by atoms with E-state index in [0.29, 0.717) is 11.2 Å². The van der Waals surface area contributed by atoms with Crippen LogP contribution in [0.4, 0.5) is 10.2 Å². The summed E-state index contributed by atoms with van der Waals surface area (Å²) in [7, 11) is 0. The number of hydrogen-bond acceptors (Lipinski definition) is 5. The van der Waals surface area contributed by atoms with Crippen molar-refractivity contribution in [3.8, 4) is 0 Å². The van der Waals surface area contributed by atoms with Crippen LogP contribution in [0.1, 0.15) is 0 Å². The number of pyridine rings is 1. The Morgan fingerprint density at radius 3 is 2.68 bits per heavy atom. The molecule has 0 aromatic carbocycles. The van der Waals surface area contributed by atoms with Crippen LogP contribution in [0.15, 0.2) is 6.20 Å². The summed E-state index contributed by atoms with van der Waals surface area (Å²) in [6, 6.07) is 0. The number of nitrogens with one attached hydrogen (secondary N) is 1. The SMILES string of the molecule is Fc1c(Cl)ncc2c(N3CCNCC3)nc(Cl)nc12. The third kappa shape index (κ3) is 2.31. The van der Waals surface area contributed by atoms with Crippen molar-refractivity contribution in [3.05, 3.63) is 22.5 Å². The van der Waals surface area contributed by atoms with E-state index in [1.807, 2.05) is 4.90 Å². The van der Waals surface area contributed by atoms with E-state index < -0.39 is 5.82 Å². The maximum Gasteiger partial charge on any atom is 0.225 e. The van der Waals surface area contributed by atoms with Gasteiger partial charge in [-0.1, -0.05) is 11.6 Å². The van der Waals surface area contributed by atoms with Crippen molar-refractivity contribution in [2.45, 2.75) is 0 Å². The van der Waals surface area contributed by atoms with Gasteiger partial charge in [0, 0.05) is 32.4 Å². The average molecular weight is 302 g/mol. The average Bonchev–Trinajstić information content (AvgIpc) is 2.44. The van der Waals surface area contributed by atoms with E-state index in [1.54, 1.807) is 0 Å². The molecular weight excluding hydrogens is 292 g/mol. The minimum Gasteiger partial charge on any atom is -0.353 e. The molecule has 0 aliphatic carbocycles. The van der Waals surface area contributed by atoms with Gasteiger partial charge in [0.1, 0.15) is 11.3 Å². The summed E-state index contributed by atoms with van der Waals surface area (Å²) in [5.41, 5.74) is 0.105. The summed E-state index contributed by atoms with van der Waals surface area (Å²) >= 11 is 11.5. The highest BCUT2D eigenvalue weighted by Gasteiger charge is 2.19. The van der Waals surface area contributed by atoms with Crippen molar-refractivity contribution in [2.75, 3.05) is 31.1 Å². The normalized spacial score (nSPS) is 16.1. The number of hydrogen-bond donors (Lipinski definition) is 1. The Bertz CT molecular complexity index is 630. The van der Waals surface area contributed by atoms with Crippen molar-refractivity contribution in [3.63, 3.8) is 0 Å². The molecule has 5 nitrogen and oxygen atoms in total. The Kier molecular flexibility index (Phi) is 3.38. The van der Waals surface area contributed by atoms with E-state index in [1.165, 1.54) is 6.20 Å². The summed E-state index contributed by atoms with van der Waals surface area (Å²) in [4.78, 5) is 13.9. The van der Waals surface area contributed by atoms with Crippen LogP contribution in [0.5, 0.6) is 0 Å². The summed E-state index contributed by atoms with van der Waals surface area (Å²) < 4.78 is 14.0. The molecule has 19 heavy (non-hydrogen) atoms. The first-order valence-corrected chi connectivity index (χ1v) is 6.55. The van der Waals surface area contributed by atoms with Crippen molar-refractivity contribution in [1.82, 2.24) is 20.3 Å². The summed E-state index contributed by atoms with van der Waals surface area (Å²) in [5.74, 6) is -0.0700. The summed E-state index contributed by atoms with van der Waals surface area (Å²) in [6.45, 7) is 3.22. The zero-order valence-corrected chi connectivity index (χ0v) is 11.3. The number of nitrogens with zero attached hydrogens (tertiary/aromatic N) is 4. The minimum absolute atomic E-state index is 0.00204. The first kappa shape index (κ1) is 12.8. The molecule has 0 spiro atoms. The van der Waals surface area contributed by atoms with Crippen LogP contribution in [-0.4, -0.2) is 41.1 Å². The van der Waals surface area contributed by atoms with Gasteiger partial charge in [-0.2, -0.15) is 4.98 Å². The molecule has 100 valence electrons. The van der Waals surface area contributed by atoms with Gasteiger partial charge in [0.15, 0.2) is 11.0 Å². The molecule has 1 saturated heterocycles. The van der Waals surface area contributed by atoms with Crippen LogP contribution in [0.3, 0.4) is 0 Å². The molecule has 2 aromatic rings. The van der Waals surface area contributed by atoms with Crippen molar-refractivity contribution >= 4 is 39.9 Å². The van der Waals surface area contributed by atoms with Crippen LogP contribution < -0.4 is 10.2 Å². The van der Waals surface area contributed by atoms with E-state index in [-0.39, 0.29) is 16.0 Å². The quantitative estimate of drug-likeness (QED) is 0.644. The molecule has 0 saturated carbocycles. The number of anilines is 1. The zero-order chi connectivity index (χ0) is 13.4. The molecule has 3 heterocycles. The molecule has 0 atom stereocenters. The lowest BCUT2D eigenvalue weighted by molar-refractivity contribution is 0.585. The maximum absolute atomic E-state index is 14.0. The Hall–Kier alpha value is -1.24. The van der Waals surface area contributed by atoms with Crippen molar-refractivity contribution < 1.29 is 4.39 Å². The van der Waals surface area contributed by atoms with E-state index in [0.717, 1.165) is 26.2 Å². The molecule has 0 amide bonds. The van der Waals surface area contributed by atoms with Gasteiger partial charge in [0.25, 0.3) is 0 Å². The number of piperazine rings is 1. The lowest BCUT2D eigenvalue weighted by Crippen LogP contribution is -2.44. The van der Waals surface area contributed by atoms with Crippen molar-refractivity contribution in [1.29, 1.82) is 0 Å². The monoisotopic (exact) mass is 301 g/mol. The summed E-state index contributed by atoms with van der Waals surface area (Å²) in [6.07, 6.45) is 1.48. The van der Waals surface area contributed by atoms with Gasteiger partial charge in [-0.05, 0) is 11.6 Å². The van der Waals surface area contributed by atoms with E-state index in [4.69, 9.17) is 23.2 Å². The molecule has 0 bridgehead atoms. The third-order valence-electron chi connectivity index (χ3n) is 3.01. The Balaban J connectivity index is 2.20. The molecule has 1 N–H and O–H groups in total. The molecule has 3 rings (SSSR count). The van der Waals surface area contributed by atoms with Gasteiger partial charge < -0.3 is 10.2 Å². The molecular formula is C11H10Cl2FN5. The van der Waals surface area contributed by atoms with E-state index >= 15 is 0 Å². The molecule has 8 heteroatoms. The van der Waals surface area contributed by atoms with Gasteiger partial charge in [-0.15, -0.1) is 0 Å². The fraction of sp³-hybridized carbons (Fsp3) is 0.364. The van der Waals surface area contributed by atoms with E-state index in [9.17, 15) is 4.39 Å². The van der Waals surface area contributed by atoms with Gasteiger partial charge in [0.2, 0.25) is 5.28 Å². The Morgan fingerprint density at radius 2 is 1.95 bits per heavy atom. The second-order valence-electron chi connectivity index (χ2n) is 4.18. The zero-order valence-electron chi connectivity index (χ0n) is 9.83. The van der Waals surface area contributed by atoms with Crippen LogP contribution in [0, 0.1) is 5.82 Å². The highest BCUT2D eigenvalue weighted by atomic mass is 35.5. The maximum atomic E-state index is 14.0. The first-order valence-electron chi connectivity index (χ1n) is 5.80. The summed E-state index contributed by atoms with van der Waals surface area (Å²) in [5, 5.41) is 3.55. The lowest BCUT2D eigenvalue weighted by atomic mass is 10.2. The molecule has 1 fully saturated rings. The first-order chi connectivity index (χ1) is 9.16. The number of halogens is 3. The molecule has 0 radical (unpaired) electrons. The number of fused-ring (bicyclic) bond motifs is 1. The Labute approximate surface area is 118 Å². The van der Waals surface area contributed by atoms with Gasteiger partial charge in [-0.3, -0.25) is 0 Å². The minimum atomic E-state index is -0.667. The van der Waals surface area contributed by atoms with Crippen LogP contribution >= 0.6 is 23.2 Å². The topological polar surface area (TPSA) is 53.9 Å². The van der Waals surface area contributed by atoms with E-state index in [2.05, 4.69) is 20.3 Å². The number of rotatable bonds is 1. The van der Waals surface area contributed by atoms with Crippen molar-refractivity contribution in [2.24, 2.45) is 0 Å². The largest absolute Gasteiger partial charge is 0.353 e.